The molecule has 150 valence electrons. The lowest BCUT2D eigenvalue weighted by Gasteiger charge is -2.13. The molecule has 0 aliphatic carbocycles. The molecule has 0 bridgehead atoms. The van der Waals surface area contributed by atoms with Gasteiger partial charge in [-0.25, -0.2) is 4.99 Å². The Balaban J connectivity index is 1.87. The fraction of sp³-hybridized carbons (Fsp3) is 0.182. The molecule has 0 unspecified atom stereocenters. The second-order valence-electron chi connectivity index (χ2n) is 6.17. The molecule has 1 aliphatic rings. The number of aryl methyl sites for hydroxylation is 1. The van der Waals surface area contributed by atoms with E-state index < -0.39 is 0 Å². The van der Waals surface area contributed by atoms with Gasteiger partial charge in [0.15, 0.2) is 16.7 Å². The van der Waals surface area contributed by atoms with E-state index in [-0.39, 0.29) is 5.91 Å². The Kier molecular flexibility index (Phi) is 7.17. The van der Waals surface area contributed by atoms with E-state index in [1.165, 1.54) is 11.8 Å². The first kappa shape index (κ1) is 21.2. The van der Waals surface area contributed by atoms with Gasteiger partial charge in [-0.3, -0.25) is 4.79 Å². The number of carbonyl (C=O) groups is 1. The van der Waals surface area contributed by atoms with Crippen LogP contribution in [0.2, 0.25) is 0 Å². The first-order valence-electron chi connectivity index (χ1n) is 9.06. The van der Waals surface area contributed by atoms with Gasteiger partial charge in [0.1, 0.15) is 6.61 Å². The molecule has 0 radical (unpaired) electrons. The molecular weight excluding hydrogens is 452 g/mol. The van der Waals surface area contributed by atoms with Gasteiger partial charge >= 0.3 is 0 Å². The van der Waals surface area contributed by atoms with E-state index in [0.29, 0.717) is 34.8 Å². The van der Waals surface area contributed by atoms with Gasteiger partial charge in [0.2, 0.25) is 0 Å². The van der Waals surface area contributed by atoms with Crippen LogP contribution in [0.5, 0.6) is 11.5 Å². The molecule has 0 atom stereocenters. The summed E-state index contributed by atoms with van der Waals surface area (Å²) in [7, 11) is 0. The van der Waals surface area contributed by atoms with Crippen molar-refractivity contribution in [2.24, 2.45) is 4.99 Å². The van der Waals surface area contributed by atoms with E-state index in [1.807, 2.05) is 56.3 Å². The zero-order valence-corrected chi connectivity index (χ0v) is 18.6. The van der Waals surface area contributed by atoms with Gasteiger partial charge < -0.3 is 14.8 Å². The zero-order valence-electron chi connectivity index (χ0n) is 16.2. The van der Waals surface area contributed by atoms with E-state index in [9.17, 15) is 4.79 Å². The molecule has 1 saturated heterocycles. The first-order valence-corrected chi connectivity index (χ1v) is 10.7. The second-order valence-corrected chi connectivity index (χ2v) is 8.06. The number of hydrogen-bond acceptors (Lipinski definition) is 5. The lowest BCUT2D eigenvalue weighted by atomic mass is 10.2. The molecule has 0 aromatic heterocycles. The van der Waals surface area contributed by atoms with Crippen LogP contribution < -0.4 is 14.8 Å². The monoisotopic (exact) mass is 472 g/mol. The smallest absolute Gasteiger partial charge is 0.264 e. The highest BCUT2D eigenvalue weighted by Gasteiger charge is 2.24. The maximum atomic E-state index is 12.4. The van der Waals surface area contributed by atoms with Crippen molar-refractivity contribution in [3.8, 4) is 11.5 Å². The molecule has 1 aliphatic heterocycles. The third-order valence-corrected chi connectivity index (χ3v) is 5.52. The van der Waals surface area contributed by atoms with Crippen molar-refractivity contribution in [1.82, 2.24) is 5.32 Å². The number of rotatable bonds is 7. The Labute approximate surface area is 183 Å². The molecule has 2 aromatic rings. The fourth-order valence-electron chi connectivity index (χ4n) is 2.55. The number of amides is 1. The van der Waals surface area contributed by atoms with Gasteiger partial charge in [-0.2, -0.15) is 0 Å². The van der Waals surface area contributed by atoms with Crippen molar-refractivity contribution in [2.75, 3.05) is 13.2 Å². The number of nitrogens with one attached hydrogen (secondary N) is 1. The Hall–Kier alpha value is -2.51. The molecule has 1 fully saturated rings. The molecule has 1 amide bonds. The highest BCUT2D eigenvalue weighted by atomic mass is 79.9. The number of nitrogens with zero attached hydrogens (tertiary/aromatic N) is 1. The summed E-state index contributed by atoms with van der Waals surface area (Å²) >= 11 is 4.85. The minimum atomic E-state index is -0.183. The average molecular weight is 473 g/mol. The van der Waals surface area contributed by atoms with Crippen molar-refractivity contribution in [2.45, 2.75) is 13.8 Å². The largest absolute Gasteiger partial charge is 0.490 e. The SMILES string of the molecule is C=CCOc1cc(Br)c(/C=C2/SC(=Nc3ccc(C)cc3)NC2=O)cc1OCC. The predicted molar refractivity (Wildman–Crippen MR) is 123 cm³/mol. The summed E-state index contributed by atoms with van der Waals surface area (Å²) in [4.78, 5) is 17.5. The lowest BCUT2D eigenvalue weighted by Crippen LogP contribution is -2.19. The molecule has 3 rings (SSSR count). The van der Waals surface area contributed by atoms with Gasteiger partial charge in [-0.05, 0) is 61.5 Å². The minimum absolute atomic E-state index is 0.183. The Morgan fingerprint density at radius 1 is 1.21 bits per heavy atom. The van der Waals surface area contributed by atoms with Crippen LogP contribution in [-0.4, -0.2) is 24.3 Å². The minimum Gasteiger partial charge on any atom is -0.490 e. The number of carbonyl (C=O) groups excluding carboxylic acids is 1. The molecule has 1 N–H and O–H groups in total. The van der Waals surface area contributed by atoms with Crippen LogP contribution >= 0.6 is 27.7 Å². The third-order valence-electron chi connectivity index (χ3n) is 3.92. The van der Waals surface area contributed by atoms with Gasteiger partial charge in [-0.15, -0.1) is 0 Å². The van der Waals surface area contributed by atoms with Gasteiger partial charge in [0, 0.05) is 4.47 Å². The maximum Gasteiger partial charge on any atom is 0.264 e. The summed E-state index contributed by atoms with van der Waals surface area (Å²) < 4.78 is 12.1. The van der Waals surface area contributed by atoms with E-state index >= 15 is 0 Å². The van der Waals surface area contributed by atoms with Crippen LogP contribution in [0, 0.1) is 6.92 Å². The Morgan fingerprint density at radius 2 is 1.93 bits per heavy atom. The van der Waals surface area contributed by atoms with Crippen molar-refractivity contribution < 1.29 is 14.3 Å². The average Bonchev–Trinajstić information content (AvgIpc) is 3.04. The van der Waals surface area contributed by atoms with Gasteiger partial charge in [0.25, 0.3) is 5.91 Å². The maximum absolute atomic E-state index is 12.4. The number of thioether (sulfide) groups is 1. The zero-order chi connectivity index (χ0) is 20.8. The Morgan fingerprint density at radius 3 is 2.62 bits per heavy atom. The van der Waals surface area contributed by atoms with E-state index in [4.69, 9.17) is 9.47 Å². The van der Waals surface area contributed by atoms with E-state index in [0.717, 1.165) is 21.3 Å². The molecule has 1 heterocycles. The molecule has 5 nitrogen and oxygen atoms in total. The van der Waals surface area contributed by atoms with Crippen molar-refractivity contribution in [3.63, 3.8) is 0 Å². The number of ether oxygens (including phenoxy) is 2. The normalized spacial score (nSPS) is 16.2. The molecule has 0 spiro atoms. The lowest BCUT2D eigenvalue weighted by molar-refractivity contribution is -0.115. The van der Waals surface area contributed by atoms with E-state index in [2.05, 4.69) is 32.8 Å². The topological polar surface area (TPSA) is 59.9 Å². The summed E-state index contributed by atoms with van der Waals surface area (Å²) in [5.74, 6) is 1.05. The van der Waals surface area contributed by atoms with Gasteiger partial charge in [0.05, 0.1) is 17.2 Å². The number of benzene rings is 2. The van der Waals surface area contributed by atoms with E-state index in [1.54, 1.807) is 6.08 Å². The van der Waals surface area contributed by atoms with Crippen molar-refractivity contribution in [1.29, 1.82) is 0 Å². The number of halogens is 1. The standard InChI is InChI=1S/C22H21BrN2O3S/c1-4-10-28-19-13-17(23)15(11-18(19)27-5-2)12-20-21(26)25-22(29-20)24-16-8-6-14(3)7-9-16/h4,6-9,11-13H,1,5,10H2,2-3H3,(H,24,25,26)/b20-12+. The third kappa shape index (κ3) is 5.52. The fourth-order valence-corrected chi connectivity index (χ4v) is 3.82. The summed E-state index contributed by atoms with van der Waals surface area (Å²) in [5.41, 5.74) is 2.77. The summed E-state index contributed by atoms with van der Waals surface area (Å²) in [6.07, 6.45) is 3.48. The molecule has 7 heteroatoms. The molecular formula is C22H21BrN2O3S. The Bertz CT molecular complexity index is 984. The summed E-state index contributed by atoms with van der Waals surface area (Å²) in [6.45, 7) is 8.48. The summed E-state index contributed by atoms with van der Waals surface area (Å²) in [5, 5.41) is 3.36. The summed E-state index contributed by atoms with van der Waals surface area (Å²) in [6, 6.07) is 11.5. The van der Waals surface area contributed by atoms with Crippen LogP contribution in [0.15, 0.2) is 63.4 Å². The van der Waals surface area contributed by atoms with Crippen LogP contribution in [-0.2, 0) is 4.79 Å². The second kappa shape index (κ2) is 9.80. The van der Waals surface area contributed by atoms with Crippen LogP contribution in [0.1, 0.15) is 18.1 Å². The number of hydrogen-bond donors (Lipinski definition) is 1. The highest BCUT2D eigenvalue weighted by Crippen LogP contribution is 2.37. The quantitative estimate of drug-likeness (QED) is 0.419. The van der Waals surface area contributed by atoms with Crippen molar-refractivity contribution >= 4 is 50.5 Å². The highest BCUT2D eigenvalue weighted by molar-refractivity contribution is 9.10. The molecule has 29 heavy (non-hydrogen) atoms. The molecule has 0 saturated carbocycles. The number of aliphatic imine (C=N–C) groups is 1. The van der Waals surface area contributed by atoms with Crippen LogP contribution in [0.25, 0.3) is 6.08 Å². The van der Waals surface area contributed by atoms with Crippen LogP contribution in [0.4, 0.5) is 5.69 Å². The number of amidine groups is 1. The predicted octanol–water partition coefficient (Wildman–Crippen LogP) is 5.61. The van der Waals surface area contributed by atoms with Crippen LogP contribution in [0.3, 0.4) is 0 Å². The van der Waals surface area contributed by atoms with Gasteiger partial charge in [-0.1, -0.05) is 46.3 Å². The van der Waals surface area contributed by atoms with Crippen molar-refractivity contribution in [3.05, 3.63) is 69.6 Å². The first-order chi connectivity index (χ1) is 14.0. The molecule has 2 aromatic carbocycles.